The number of phenols is 1. The Kier molecular flexibility index (Phi) is 7.22. The number of halogens is 2. The highest BCUT2D eigenvalue weighted by Gasteiger charge is 2.27. The number of aromatic hydroxyl groups is 1. The van der Waals surface area contributed by atoms with Crippen molar-refractivity contribution >= 4 is 33.2 Å². The van der Waals surface area contributed by atoms with Crippen molar-refractivity contribution in [2.75, 3.05) is 0 Å². The molecule has 0 spiro atoms. The maximum atomic E-state index is 13.0. The molecule has 3 N–H and O–H groups in total. The molecular formula is C22H22Cl2N4O6S. The standard InChI is InChI=1S/C22H22Cl2N4O6S/c1-12-2-4-13(5-3-12)27-35(32,33)19-10-15(6-7-18(19)29)34-21-16(23)8-14(9-17(21)24)28-22(31)26-20(30)11-25-28/h6-13,27,29H,2-5H2,1H3,(H,26,30,31). The second-order valence-corrected chi connectivity index (χ2v) is 10.9. The van der Waals surface area contributed by atoms with E-state index in [1.807, 2.05) is 0 Å². The van der Waals surface area contributed by atoms with Gasteiger partial charge >= 0.3 is 5.69 Å². The van der Waals surface area contributed by atoms with Crippen LogP contribution in [0.1, 0.15) is 32.6 Å². The van der Waals surface area contributed by atoms with E-state index in [4.69, 9.17) is 27.9 Å². The zero-order chi connectivity index (χ0) is 25.3. The molecule has 0 radical (unpaired) electrons. The van der Waals surface area contributed by atoms with Crippen LogP contribution in [-0.4, -0.2) is 34.3 Å². The van der Waals surface area contributed by atoms with Crippen LogP contribution in [0.3, 0.4) is 0 Å². The van der Waals surface area contributed by atoms with Gasteiger partial charge in [0.25, 0.3) is 5.56 Å². The number of phenolic OH excluding ortho intramolecular Hbond substituents is 1. The fraction of sp³-hybridized carbons (Fsp3) is 0.318. The molecule has 13 heteroatoms. The van der Waals surface area contributed by atoms with Gasteiger partial charge in [-0.3, -0.25) is 9.78 Å². The van der Waals surface area contributed by atoms with Gasteiger partial charge in [0.15, 0.2) is 5.75 Å². The highest BCUT2D eigenvalue weighted by Crippen LogP contribution is 2.39. The van der Waals surface area contributed by atoms with Crippen molar-refractivity contribution in [1.82, 2.24) is 19.5 Å². The van der Waals surface area contributed by atoms with Crippen LogP contribution in [0, 0.1) is 5.92 Å². The Morgan fingerprint density at radius 2 is 1.77 bits per heavy atom. The molecule has 35 heavy (non-hydrogen) atoms. The summed E-state index contributed by atoms with van der Waals surface area (Å²) in [5.74, 6) is 0.194. The van der Waals surface area contributed by atoms with Crippen LogP contribution in [0.5, 0.6) is 17.2 Å². The van der Waals surface area contributed by atoms with Crippen LogP contribution < -0.4 is 20.7 Å². The van der Waals surface area contributed by atoms with Crippen molar-refractivity contribution in [3.63, 3.8) is 0 Å². The first-order valence-corrected chi connectivity index (χ1v) is 13.0. The Morgan fingerprint density at radius 3 is 2.40 bits per heavy atom. The molecule has 1 fully saturated rings. The van der Waals surface area contributed by atoms with Gasteiger partial charge in [-0.1, -0.05) is 30.1 Å². The third kappa shape index (κ3) is 5.69. The van der Waals surface area contributed by atoms with Gasteiger partial charge < -0.3 is 9.84 Å². The number of H-pyrrole nitrogens is 1. The molecule has 186 valence electrons. The Morgan fingerprint density at radius 1 is 1.11 bits per heavy atom. The summed E-state index contributed by atoms with van der Waals surface area (Å²) in [4.78, 5) is 25.0. The van der Waals surface area contributed by atoms with Crippen LogP contribution in [-0.2, 0) is 10.0 Å². The number of ether oxygens (including phenoxy) is 1. The molecule has 0 bridgehead atoms. The summed E-state index contributed by atoms with van der Waals surface area (Å²) in [7, 11) is -4.02. The molecule has 0 aliphatic heterocycles. The average molecular weight is 541 g/mol. The van der Waals surface area contributed by atoms with E-state index in [1.165, 1.54) is 30.3 Å². The molecular weight excluding hydrogens is 519 g/mol. The molecule has 0 unspecified atom stereocenters. The van der Waals surface area contributed by atoms with Crippen molar-refractivity contribution in [3.8, 4) is 22.9 Å². The maximum absolute atomic E-state index is 13.0. The summed E-state index contributed by atoms with van der Waals surface area (Å²) < 4.78 is 35.2. The van der Waals surface area contributed by atoms with Crippen molar-refractivity contribution in [2.24, 2.45) is 5.92 Å². The van der Waals surface area contributed by atoms with E-state index < -0.39 is 27.0 Å². The zero-order valence-corrected chi connectivity index (χ0v) is 20.8. The molecule has 0 atom stereocenters. The van der Waals surface area contributed by atoms with Crippen LogP contribution in [0.25, 0.3) is 5.69 Å². The molecule has 0 saturated heterocycles. The highest BCUT2D eigenvalue weighted by molar-refractivity contribution is 7.89. The number of hydrogen-bond donors (Lipinski definition) is 3. The first-order chi connectivity index (χ1) is 16.5. The van der Waals surface area contributed by atoms with E-state index in [2.05, 4.69) is 21.7 Å². The predicted octanol–water partition coefficient (Wildman–Crippen LogP) is 3.58. The van der Waals surface area contributed by atoms with Crippen molar-refractivity contribution in [2.45, 2.75) is 43.5 Å². The second-order valence-electron chi connectivity index (χ2n) is 8.40. The van der Waals surface area contributed by atoms with Gasteiger partial charge in [-0.05, 0) is 55.9 Å². The Hall–Kier alpha value is -2.86. The minimum Gasteiger partial charge on any atom is -0.507 e. The Labute approximate surface area is 210 Å². The lowest BCUT2D eigenvalue weighted by Crippen LogP contribution is -2.37. The van der Waals surface area contributed by atoms with Gasteiger partial charge in [-0.15, -0.1) is 0 Å². The first-order valence-electron chi connectivity index (χ1n) is 10.7. The quantitative estimate of drug-likeness (QED) is 0.433. The van der Waals surface area contributed by atoms with E-state index in [0.717, 1.165) is 36.6 Å². The molecule has 1 aliphatic carbocycles. The highest BCUT2D eigenvalue weighted by atomic mass is 35.5. The topological polar surface area (TPSA) is 143 Å². The number of benzene rings is 2. The number of rotatable bonds is 6. The van der Waals surface area contributed by atoms with Gasteiger partial charge in [0.1, 0.15) is 22.6 Å². The van der Waals surface area contributed by atoms with Crippen LogP contribution in [0.15, 0.2) is 51.0 Å². The van der Waals surface area contributed by atoms with Crippen molar-refractivity contribution < 1.29 is 18.3 Å². The van der Waals surface area contributed by atoms with Crippen molar-refractivity contribution in [3.05, 3.63) is 67.4 Å². The average Bonchev–Trinajstić information content (AvgIpc) is 2.78. The lowest BCUT2D eigenvalue weighted by Gasteiger charge is -2.26. The SMILES string of the molecule is CC1CCC(NS(=O)(=O)c2cc(Oc3c(Cl)cc(-n4ncc(=O)[nH]c4=O)cc3Cl)ccc2O)CC1. The minimum absolute atomic E-state index is 0.000618. The summed E-state index contributed by atoms with van der Waals surface area (Å²) >= 11 is 12.6. The molecule has 0 amide bonds. The van der Waals surface area contributed by atoms with Gasteiger partial charge in [-0.25, -0.2) is 17.9 Å². The van der Waals surface area contributed by atoms with Gasteiger partial charge in [-0.2, -0.15) is 9.78 Å². The van der Waals surface area contributed by atoms with E-state index in [0.29, 0.717) is 5.92 Å². The fourth-order valence-electron chi connectivity index (χ4n) is 3.86. The van der Waals surface area contributed by atoms with Gasteiger partial charge in [0, 0.05) is 12.1 Å². The number of aromatic amines is 1. The van der Waals surface area contributed by atoms with Crippen LogP contribution in [0.4, 0.5) is 0 Å². The largest absolute Gasteiger partial charge is 0.507 e. The third-order valence-corrected chi connectivity index (χ3v) is 7.83. The third-order valence-electron chi connectivity index (χ3n) is 5.72. The minimum atomic E-state index is -4.02. The summed E-state index contributed by atoms with van der Waals surface area (Å²) in [6.45, 7) is 2.13. The normalized spacial score (nSPS) is 18.4. The second kappa shape index (κ2) is 10.0. The van der Waals surface area contributed by atoms with Crippen molar-refractivity contribution in [1.29, 1.82) is 0 Å². The number of aromatic nitrogens is 3. The summed E-state index contributed by atoms with van der Waals surface area (Å²) in [5, 5.41) is 14.0. The zero-order valence-electron chi connectivity index (χ0n) is 18.5. The molecule has 1 aliphatic rings. The molecule has 3 aromatic rings. The number of hydrogen-bond acceptors (Lipinski definition) is 7. The van der Waals surface area contributed by atoms with E-state index >= 15 is 0 Å². The lowest BCUT2D eigenvalue weighted by molar-refractivity contribution is 0.331. The number of nitrogens with one attached hydrogen (secondary N) is 2. The van der Waals surface area contributed by atoms with Gasteiger partial charge in [0.2, 0.25) is 10.0 Å². The molecule has 1 saturated carbocycles. The van der Waals surface area contributed by atoms with Gasteiger partial charge in [0.05, 0.1) is 15.7 Å². The number of sulfonamides is 1. The molecule has 10 nitrogen and oxygen atoms in total. The smallest absolute Gasteiger partial charge is 0.349 e. The van der Waals surface area contributed by atoms with Crippen LogP contribution >= 0.6 is 23.2 Å². The Bertz CT molecular complexity index is 1460. The number of nitrogens with zero attached hydrogens (tertiary/aromatic N) is 2. The predicted molar refractivity (Wildman–Crippen MR) is 130 cm³/mol. The van der Waals surface area contributed by atoms with Crippen LogP contribution in [0.2, 0.25) is 10.0 Å². The molecule has 2 aromatic carbocycles. The molecule has 1 aromatic heterocycles. The van der Waals surface area contributed by atoms with E-state index in [1.54, 1.807) is 0 Å². The van der Waals surface area contributed by atoms with E-state index in [9.17, 15) is 23.1 Å². The Balaban J connectivity index is 1.61. The summed E-state index contributed by atoms with van der Waals surface area (Å²) in [5.41, 5.74) is -1.27. The summed E-state index contributed by atoms with van der Waals surface area (Å²) in [6.07, 6.45) is 4.23. The summed E-state index contributed by atoms with van der Waals surface area (Å²) in [6, 6.07) is 6.23. The first kappa shape index (κ1) is 25.2. The maximum Gasteiger partial charge on any atom is 0.349 e. The fourth-order valence-corrected chi connectivity index (χ4v) is 5.82. The lowest BCUT2D eigenvalue weighted by atomic mass is 9.88. The monoisotopic (exact) mass is 540 g/mol. The molecule has 4 rings (SSSR count). The molecule has 1 heterocycles. The van der Waals surface area contributed by atoms with E-state index in [-0.39, 0.29) is 38.2 Å².